The van der Waals surface area contributed by atoms with E-state index < -0.39 is 141 Å². The minimum Gasteiger partial charge on any atom is -0.544 e. The van der Waals surface area contributed by atoms with Gasteiger partial charge in [0.1, 0.15) is 72.4 Å². The molecule has 0 aromatic heterocycles. The maximum Gasteiger partial charge on any atom is 0.217 e. The zero-order chi connectivity index (χ0) is 39.4. The molecule has 2 amide bonds. The van der Waals surface area contributed by atoms with Crippen LogP contribution in [-0.4, -0.2) is 180 Å². The number of thioether (sulfide) groups is 1. The molecule has 3 fully saturated rings. The lowest BCUT2D eigenvalue weighted by Gasteiger charge is -2.52. The van der Waals surface area contributed by atoms with Gasteiger partial charge >= 0.3 is 0 Å². The molecule has 21 heteroatoms. The fraction of sp³-hybridized carbons (Fsp3) is 0.719. The van der Waals surface area contributed by atoms with E-state index in [4.69, 9.17) is 23.7 Å². The first-order chi connectivity index (χ1) is 25.0. The standard InChI is InChI=1S/C32H48N2O18S/c1-12-4-6-15(7-5-12)53-30-21(34-14(3)39)26(23(43)19(11-37)49-30)50-29-25(45)28(24(44)18(10-36)48-29)52-32(31(46)47)8-16(40)20(33-13(2)38)27(51-32)22(42)17(41)9-35/h4-7,16-30,35-37,40-45H,8-11H2,1-3H3,(H,33,38)(H,34,39)(H,46,47)/p-1/t16-,17+,18+,19+,20+,21+,22+,23-,24-,25+,26+,27+,28-,29-,30-,32-/m0/s1. The van der Waals surface area contributed by atoms with Crippen LogP contribution in [0.3, 0.4) is 0 Å². The molecule has 3 aliphatic heterocycles. The van der Waals surface area contributed by atoms with Gasteiger partial charge in [-0.15, -0.1) is 0 Å². The number of carboxylic acid groups (broad SMARTS) is 1. The van der Waals surface area contributed by atoms with Crippen LogP contribution < -0.4 is 15.7 Å². The van der Waals surface area contributed by atoms with Gasteiger partial charge in [0.2, 0.25) is 17.6 Å². The Morgan fingerprint density at radius 1 is 0.906 bits per heavy atom. The number of nitrogens with one attached hydrogen (secondary N) is 2. The summed E-state index contributed by atoms with van der Waals surface area (Å²) in [7, 11) is 0. The summed E-state index contributed by atoms with van der Waals surface area (Å²) in [5.74, 6) is -6.69. The Morgan fingerprint density at radius 3 is 2.02 bits per heavy atom. The van der Waals surface area contributed by atoms with Crippen molar-refractivity contribution in [1.29, 1.82) is 0 Å². The van der Waals surface area contributed by atoms with E-state index in [0.29, 0.717) is 4.90 Å². The third kappa shape index (κ3) is 9.81. The van der Waals surface area contributed by atoms with Gasteiger partial charge in [0.05, 0.1) is 38.0 Å². The van der Waals surface area contributed by atoms with Gasteiger partial charge in [0, 0.05) is 25.2 Å². The first-order valence-electron chi connectivity index (χ1n) is 16.7. The summed E-state index contributed by atoms with van der Waals surface area (Å²) in [5, 5.41) is 113. The van der Waals surface area contributed by atoms with Crippen LogP contribution in [0, 0.1) is 6.92 Å². The molecule has 3 aliphatic rings. The summed E-state index contributed by atoms with van der Waals surface area (Å²) in [4.78, 5) is 37.7. The van der Waals surface area contributed by atoms with Gasteiger partial charge in [-0.3, -0.25) is 9.59 Å². The van der Waals surface area contributed by atoms with Crippen molar-refractivity contribution in [3.8, 4) is 0 Å². The van der Waals surface area contributed by atoms with Crippen molar-refractivity contribution >= 4 is 29.5 Å². The summed E-state index contributed by atoms with van der Waals surface area (Å²) in [6.45, 7) is 1.35. The number of carboxylic acids is 1. The number of benzene rings is 1. The van der Waals surface area contributed by atoms with Gasteiger partial charge in [-0.2, -0.15) is 0 Å². The zero-order valence-corrected chi connectivity index (χ0v) is 29.7. The Hall–Kier alpha value is -2.58. The summed E-state index contributed by atoms with van der Waals surface area (Å²) < 4.78 is 28.8. The topological polar surface area (TPSA) is 327 Å². The predicted molar refractivity (Wildman–Crippen MR) is 174 cm³/mol. The predicted octanol–water partition coefficient (Wildman–Crippen LogP) is -6.31. The molecule has 53 heavy (non-hydrogen) atoms. The average molecular weight is 780 g/mol. The Morgan fingerprint density at radius 2 is 1.47 bits per heavy atom. The average Bonchev–Trinajstić information content (AvgIpc) is 3.11. The van der Waals surface area contributed by atoms with E-state index in [1.54, 1.807) is 12.1 Å². The summed E-state index contributed by atoms with van der Waals surface area (Å²) in [6.07, 6.45) is -23.6. The SMILES string of the molecule is CC(=O)N[C@@H]1[C@@H](O[C@@H]2O[C@H](CO)[C@H](O)[C@H](O[C@]3(C(=O)[O-])C[C@H](O)[C@@H](NC(C)=O)[C@H]([C@H](O)[C@H](O)CO)O3)[C@H]2O)[C@@H](O)[C@@H](CO)O[C@H]1Sc1ccc(C)cc1. The van der Waals surface area contributed by atoms with Crippen LogP contribution in [0.2, 0.25) is 0 Å². The van der Waals surface area contributed by atoms with E-state index in [1.807, 2.05) is 19.1 Å². The minimum absolute atomic E-state index is 0.587. The van der Waals surface area contributed by atoms with Crippen molar-refractivity contribution in [3.63, 3.8) is 0 Å². The number of ether oxygens (including phenoxy) is 5. The normalized spacial score (nSPS) is 38.8. The Labute approximate surface area is 307 Å². The molecular formula is C32H47N2O18S-. The minimum atomic E-state index is -3.14. The van der Waals surface area contributed by atoms with Gasteiger partial charge in [-0.25, -0.2) is 0 Å². The second kappa shape index (κ2) is 18.4. The van der Waals surface area contributed by atoms with Crippen LogP contribution in [0.5, 0.6) is 0 Å². The summed E-state index contributed by atoms with van der Waals surface area (Å²) in [5.41, 5.74) is -0.0644. The molecule has 1 aromatic rings. The molecule has 11 N–H and O–H groups in total. The zero-order valence-electron chi connectivity index (χ0n) is 28.9. The van der Waals surface area contributed by atoms with Crippen LogP contribution in [-0.2, 0) is 38.1 Å². The Kier molecular flexibility index (Phi) is 15.0. The fourth-order valence-electron chi connectivity index (χ4n) is 6.39. The highest BCUT2D eigenvalue weighted by Gasteiger charge is 2.58. The number of aliphatic hydroxyl groups is 9. The van der Waals surface area contributed by atoms with Gasteiger partial charge < -0.3 is 90.2 Å². The highest BCUT2D eigenvalue weighted by molar-refractivity contribution is 7.99. The molecule has 20 nitrogen and oxygen atoms in total. The Balaban J connectivity index is 1.68. The van der Waals surface area contributed by atoms with E-state index >= 15 is 0 Å². The van der Waals surface area contributed by atoms with E-state index in [2.05, 4.69) is 10.6 Å². The van der Waals surface area contributed by atoms with Crippen LogP contribution in [0.25, 0.3) is 0 Å². The number of aliphatic hydroxyl groups excluding tert-OH is 9. The second-order valence-corrected chi connectivity index (χ2v) is 14.3. The van der Waals surface area contributed by atoms with Crippen molar-refractivity contribution in [2.45, 2.75) is 129 Å². The smallest absolute Gasteiger partial charge is 0.217 e. The van der Waals surface area contributed by atoms with Gasteiger partial charge in [-0.05, 0) is 19.1 Å². The van der Waals surface area contributed by atoms with Crippen LogP contribution in [0.1, 0.15) is 25.8 Å². The van der Waals surface area contributed by atoms with Crippen LogP contribution in [0.15, 0.2) is 29.2 Å². The van der Waals surface area contributed by atoms with E-state index in [1.165, 1.54) is 6.92 Å². The van der Waals surface area contributed by atoms with Gasteiger partial charge in [0.25, 0.3) is 0 Å². The number of carbonyl (C=O) groups is 3. The largest absolute Gasteiger partial charge is 0.544 e. The molecular weight excluding hydrogens is 732 g/mol. The molecule has 0 unspecified atom stereocenters. The molecule has 3 heterocycles. The first-order valence-corrected chi connectivity index (χ1v) is 17.6. The molecule has 1 aromatic carbocycles. The molecule has 0 saturated carbocycles. The fourth-order valence-corrected chi connectivity index (χ4v) is 7.52. The number of aryl methyl sites for hydroxylation is 1. The molecule has 0 spiro atoms. The van der Waals surface area contributed by atoms with Crippen LogP contribution in [0.4, 0.5) is 0 Å². The molecule has 16 atom stereocenters. The molecule has 3 saturated heterocycles. The number of rotatable bonds is 14. The van der Waals surface area contributed by atoms with Crippen molar-refractivity contribution in [1.82, 2.24) is 10.6 Å². The van der Waals surface area contributed by atoms with Crippen molar-refractivity contribution in [3.05, 3.63) is 29.8 Å². The second-order valence-electron chi connectivity index (χ2n) is 13.1. The van der Waals surface area contributed by atoms with Crippen molar-refractivity contribution in [2.75, 3.05) is 19.8 Å². The monoisotopic (exact) mass is 779 g/mol. The quantitative estimate of drug-likeness (QED) is 0.0836. The lowest BCUT2D eigenvalue weighted by Crippen LogP contribution is -2.72. The lowest BCUT2D eigenvalue weighted by molar-refractivity contribution is -0.409. The highest BCUT2D eigenvalue weighted by Crippen LogP contribution is 2.39. The lowest BCUT2D eigenvalue weighted by atomic mass is 9.88. The summed E-state index contributed by atoms with van der Waals surface area (Å²) >= 11 is 1.11. The van der Waals surface area contributed by atoms with Crippen molar-refractivity contribution in [2.24, 2.45) is 0 Å². The highest BCUT2D eigenvalue weighted by atomic mass is 32.2. The van der Waals surface area contributed by atoms with E-state index in [9.17, 15) is 65.4 Å². The third-order valence-electron chi connectivity index (χ3n) is 9.11. The number of hydrogen-bond donors (Lipinski definition) is 11. The maximum absolute atomic E-state index is 12.7. The van der Waals surface area contributed by atoms with E-state index in [0.717, 1.165) is 24.2 Å². The maximum atomic E-state index is 12.7. The number of hydrogen-bond acceptors (Lipinski definition) is 19. The molecule has 0 radical (unpaired) electrons. The Bertz CT molecular complexity index is 1390. The van der Waals surface area contributed by atoms with Gasteiger partial charge in [-0.1, -0.05) is 29.5 Å². The number of aliphatic carboxylic acids is 1. The molecule has 0 aliphatic carbocycles. The van der Waals surface area contributed by atoms with E-state index in [-0.39, 0.29) is 0 Å². The molecule has 0 bridgehead atoms. The number of carbonyl (C=O) groups excluding carboxylic acids is 3. The summed E-state index contributed by atoms with van der Waals surface area (Å²) in [6, 6.07) is 4.42. The molecule has 300 valence electrons. The van der Waals surface area contributed by atoms with Crippen molar-refractivity contribution < 1.29 is 89.1 Å². The number of amides is 2. The first kappa shape index (κ1) is 43.2. The van der Waals surface area contributed by atoms with Gasteiger partial charge in [0.15, 0.2) is 6.29 Å². The van der Waals surface area contributed by atoms with Crippen LogP contribution >= 0.6 is 11.8 Å². The molecule has 4 rings (SSSR count). The third-order valence-corrected chi connectivity index (χ3v) is 10.3.